The van der Waals surface area contributed by atoms with Crippen LogP contribution in [0.15, 0.2) is 48.5 Å². The number of aliphatic carboxylic acids is 1. The van der Waals surface area contributed by atoms with Gasteiger partial charge in [0.1, 0.15) is 12.4 Å². The molecule has 2 aromatic rings. The summed E-state index contributed by atoms with van der Waals surface area (Å²) >= 11 is 0. The summed E-state index contributed by atoms with van der Waals surface area (Å²) in [6.07, 6.45) is -0.717. The number of amides is 1. The fraction of sp³-hybridized carbons (Fsp3) is 0.263. The predicted octanol–water partition coefficient (Wildman–Crippen LogP) is 2.17. The van der Waals surface area contributed by atoms with Crippen LogP contribution in [0.2, 0.25) is 0 Å². The van der Waals surface area contributed by atoms with Gasteiger partial charge in [0.2, 0.25) is 6.10 Å². The summed E-state index contributed by atoms with van der Waals surface area (Å²) in [7, 11) is 0. The van der Waals surface area contributed by atoms with Crippen LogP contribution in [0.4, 0.5) is 0 Å². The minimum atomic E-state index is -1.04. The lowest BCUT2D eigenvalue weighted by Crippen LogP contribution is -2.44. The molecule has 1 heterocycles. The normalized spacial score (nSPS) is 16.4. The maximum absolute atomic E-state index is 12.4. The van der Waals surface area contributed by atoms with Crippen LogP contribution in [-0.2, 0) is 9.59 Å². The molecule has 1 amide bonds. The first-order valence-corrected chi connectivity index (χ1v) is 8.16. The van der Waals surface area contributed by atoms with Crippen LogP contribution >= 0.6 is 0 Å². The second-order valence-corrected chi connectivity index (χ2v) is 5.85. The smallest absolute Gasteiger partial charge is 0.341 e. The van der Waals surface area contributed by atoms with E-state index in [9.17, 15) is 9.59 Å². The first-order chi connectivity index (χ1) is 12.5. The molecule has 0 saturated carbocycles. The topological polar surface area (TPSA) is 94.1 Å². The monoisotopic (exact) mass is 357 g/mol. The summed E-state index contributed by atoms with van der Waals surface area (Å²) in [5.41, 5.74) is 0.859. The van der Waals surface area contributed by atoms with Gasteiger partial charge in [0.05, 0.1) is 6.04 Å². The molecule has 26 heavy (non-hydrogen) atoms. The Morgan fingerprint density at radius 2 is 1.88 bits per heavy atom. The Hall–Kier alpha value is -3.22. The van der Waals surface area contributed by atoms with Crippen LogP contribution in [-0.4, -0.2) is 36.3 Å². The van der Waals surface area contributed by atoms with E-state index in [1.807, 2.05) is 19.1 Å². The molecule has 7 nitrogen and oxygen atoms in total. The zero-order valence-electron chi connectivity index (χ0n) is 14.2. The maximum atomic E-state index is 12.4. The standard InChI is InChI=1S/C19H19NO6/c1-12(13-6-8-14(9-7-13)24-11-18(21)22)20-19(23)17-10-25-15-4-2-3-5-16(15)26-17/h2-9,12,17H,10-11H2,1H3,(H,20,23)(H,21,22). The highest BCUT2D eigenvalue weighted by Gasteiger charge is 2.28. The third-order valence-corrected chi connectivity index (χ3v) is 3.90. The van der Waals surface area contributed by atoms with Gasteiger partial charge >= 0.3 is 5.97 Å². The number of carboxylic acid groups (broad SMARTS) is 1. The minimum absolute atomic E-state index is 0.150. The summed E-state index contributed by atoms with van der Waals surface area (Å²) in [6, 6.07) is 13.8. The molecule has 3 rings (SSSR count). The van der Waals surface area contributed by atoms with Gasteiger partial charge in [-0.3, -0.25) is 4.79 Å². The highest BCUT2D eigenvalue weighted by Crippen LogP contribution is 2.31. The van der Waals surface area contributed by atoms with Gasteiger partial charge in [-0.2, -0.15) is 0 Å². The van der Waals surface area contributed by atoms with Gasteiger partial charge < -0.3 is 24.6 Å². The van der Waals surface area contributed by atoms with Crippen LogP contribution < -0.4 is 19.5 Å². The highest BCUT2D eigenvalue weighted by atomic mass is 16.6. The SMILES string of the molecule is CC(NC(=O)C1COc2ccccc2O1)c1ccc(OCC(=O)O)cc1. The summed E-state index contributed by atoms with van der Waals surface area (Å²) in [5.74, 6) is 0.326. The average Bonchev–Trinajstić information content (AvgIpc) is 2.66. The highest BCUT2D eigenvalue weighted by molar-refractivity contribution is 5.82. The molecule has 0 aromatic heterocycles. The van der Waals surface area contributed by atoms with Crippen molar-refractivity contribution in [1.82, 2.24) is 5.32 Å². The summed E-state index contributed by atoms with van der Waals surface area (Å²) in [6.45, 7) is 1.60. The molecule has 2 unspecified atom stereocenters. The zero-order valence-corrected chi connectivity index (χ0v) is 14.2. The lowest BCUT2D eigenvalue weighted by atomic mass is 10.1. The van der Waals surface area contributed by atoms with Crippen molar-refractivity contribution in [2.24, 2.45) is 0 Å². The first-order valence-electron chi connectivity index (χ1n) is 8.16. The number of fused-ring (bicyclic) bond motifs is 1. The zero-order chi connectivity index (χ0) is 18.5. The van der Waals surface area contributed by atoms with Crippen molar-refractivity contribution in [3.63, 3.8) is 0 Å². The first kappa shape index (κ1) is 17.6. The van der Waals surface area contributed by atoms with Gasteiger partial charge in [0, 0.05) is 0 Å². The average molecular weight is 357 g/mol. The van der Waals surface area contributed by atoms with E-state index in [1.54, 1.807) is 36.4 Å². The van der Waals surface area contributed by atoms with E-state index >= 15 is 0 Å². The van der Waals surface area contributed by atoms with E-state index < -0.39 is 18.7 Å². The number of carbonyl (C=O) groups excluding carboxylic acids is 1. The molecule has 0 fully saturated rings. The number of rotatable bonds is 6. The second-order valence-electron chi connectivity index (χ2n) is 5.85. The van der Waals surface area contributed by atoms with E-state index in [4.69, 9.17) is 19.3 Å². The molecule has 0 radical (unpaired) electrons. The molecule has 1 aliphatic rings. The van der Waals surface area contributed by atoms with Crippen LogP contribution in [0.25, 0.3) is 0 Å². The van der Waals surface area contributed by atoms with Crippen LogP contribution in [0.3, 0.4) is 0 Å². The molecular formula is C19H19NO6. The van der Waals surface area contributed by atoms with E-state index in [0.717, 1.165) is 5.56 Å². The van der Waals surface area contributed by atoms with Crippen molar-refractivity contribution in [2.75, 3.05) is 13.2 Å². The molecule has 2 aromatic carbocycles. The Morgan fingerprint density at radius 3 is 2.58 bits per heavy atom. The van der Waals surface area contributed by atoms with Crippen LogP contribution in [0.5, 0.6) is 17.2 Å². The summed E-state index contributed by atoms with van der Waals surface area (Å²) in [4.78, 5) is 22.9. The third-order valence-electron chi connectivity index (χ3n) is 3.90. The van der Waals surface area contributed by atoms with Crippen LogP contribution in [0, 0.1) is 0 Å². The number of carbonyl (C=O) groups is 2. The van der Waals surface area contributed by atoms with E-state index in [1.165, 1.54) is 0 Å². The van der Waals surface area contributed by atoms with E-state index in [2.05, 4.69) is 5.32 Å². The Bertz CT molecular complexity index is 789. The summed E-state index contributed by atoms with van der Waals surface area (Å²) < 4.78 is 16.3. The second kappa shape index (κ2) is 7.77. The number of carboxylic acids is 1. The van der Waals surface area contributed by atoms with Gasteiger partial charge in [-0.05, 0) is 36.8 Å². The number of hydrogen-bond acceptors (Lipinski definition) is 5. The number of ether oxygens (including phenoxy) is 3. The quantitative estimate of drug-likeness (QED) is 0.823. The van der Waals surface area contributed by atoms with Gasteiger partial charge in [-0.1, -0.05) is 24.3 Å². The van der Waals surface area contributed by atoms with Crippen molar-refractivity contribution in [3.8, 4) is 17.2 Å². The van der Waals surface area contributed by atoms with Gasteiger partial charge in [0.25, 0.3) is 5.91 Å². The number of nitrogens with one attached hydrogen (secondary N) is 1. The largest absolute Gasteiger partial charge is 0.485 e. The predicted molar refractivity (Wildman–Crippen MR) is 92.5 cm³/mol. The third kappa shape index (κ3) is 4.24. The lowest BCUT2D eigenvalue weighted by molar-refractivity contribution is -0.139. The van der Waals surface area contributed by atoms with E-state index in [0.29, 0.717) is 17.2 Å². The van der Waals surface area contributed by atoms with Crippen molar-refractivity contribution in [3.05, 3.63) is 54.1 Å². The Labute approximate surface area is 150 Å². The van der Waals surface area contributed by atoms with Crippen molar-refractivity contribution >= 4 is 11.9 Å². The van der Waals surface area contributed by atoms with Crippen LogP contribution in [0.1, 0.15) is 18.5 Å². The molecular weight excluding hydrogens is 338 g/mol. The van der Waals surface area contributed by atoms with E-state index in [-0.39, 0.29) is 18.6 Å². The van der Waals surface area contributed by atoms with Crippen molar-refractivity contribution < 1.29 is 28.9 Å². The van der Waals surface area contributed by atoms with Gasteiger partial charge in [-0.15, -0.1) is 0 Å². The molecule has 0 aliphatic carbocycles. The number of hydrogen-bond donors (Lipinski definition) is 2. The maximum Gasteiger partial charge on any atom is 0.341 e. The number of benzene rings is 2. The van der Waals surface area contributed by atoms with Gasteiger partial charge in [-0.25, -0.2) is 4.79 Å². The van der Waals surface area contributed by atoms with Crippen molar-refractivity contribution in [2.45, 2.75) is 19.1 Å². The molecule has 0 saturated heterocycles. The molecule has 1 aliphatic heterocycles. The minimum Gasteiger partial charge on any atom is -0.485 e. The molecule has 7 heteroatoms. The van der Waals surface area contributed by atoms with Crippen molar-refractivity contribution in [1.29, 1.82) is 0 Å². The lowest BCUT2D eigenvalue weighted by Gasteiger charge is -2.26. The Balaban J connectivity index is 1.57. The van der Waals surface area contributed by atoms with Gasteiger partial charge in [0.15, 0.2) is 18.1 Å². The molecule has 0 bridgehead atoms. The molecule has 0 spiro atoms. The molecule has 2 atom stereocenters. The Kier molecular flexibility index (Phi) is 5.26. The number of para-hydroxylation sites is 2. The molecule has 2 N–H and O–H groups in total. The fourth-order valence-corrected chi connectivity index (χ4v) is 2.54. The fourth-order valence-electron chi connectivity index (χ4n) is 2.54. The summed E-state index contributed by atoms with van der Waals surface area (Å²) in [5, 5.41) is 11.5. The Morgan fingerprint density at radius 1 is 1.19 bits per heavy atom. The molecule has 136 valence electrons.